The third-order valence-corrected chi connectivity index (χ3v) is 6.52. The predicted molar refractivity (Wildman–Crippen MR) is 89.5 cm³/mol. The van der Waals surface area contributed by atoms with Crippen molar-refractivity contribution >= 4 is 11.8 Å². The van der Waals surface area contributed by atoms with Crippen molar-refractivity contribution in [3.8, 4) is 0 Å². The Morgan fingerprint density at radius 1 is 1.20 bits per heavy atom. The standard InChI is InChI=1S/C17H33NOS/c1-5-18-15-9-8-13(17(2,3)4)11-16(15)20-12-14-7-6-10-19-14/h13-16,18H,5-12H2,1-4H3. The van der Waals surface area contributed by atoms with E-state index in [0.29, 0.717) is 17.6 Å². The first-order valence-electron chi connectivity index (χ1n) is 8.47. The topological polar surface area (TPSA) is 21.3 Å². The Morgan fingerprint density at radius 2 is 2.00 bits per heavy atom. The van der Waals surface area contributed by atoms with E-state index in [1.807, 2.05) is 0 Å². The van der Waals surface area contributed by atoms with E-state index < -0.39 is 0 Å². The molecule has 20 heavy (non-hydrogen) atoms. The SMILES string of the molecule is CCNC1CCC(C(C)(C)C)CC1SCC1CCCO1. The van der Waals surface area contributed by atoms with Crippen LogP contribution in [0.3, 0.4) is 0 Å². The van der Waals surface area contributed by atoms with Gasteiger partial charge in [-0.15, -0.1) is 0 Å². The Hall–Kier alpha value is 0.270. The fourth-order valence-electron chi connectivity index (χ4n) is 3.60. The summed E-state index contributed by atoms with van der Waals surface area (Å²) in [6.07, 6.45) is 7.17. The van der Waals surface area contributed by atoms with Gasteiger partial charge in [0.15, 0.2) is 0 Å². The summed E-state index contributed by atoms with van der Waals surface area (Å²) in [5, 5.41) is 4.50. The molecule has 0 aromatic heterocycles. The van der Waals surface area contributed by atoms with Crippen molar-refractivity contribution in [3.63, 3.8) is 0 Å². The van der Waals surface area contributed by atoms with Crippen molar-refractivity contribution in [1.82, 2.24) is 5.32 Å². The molecule has 1 aliphatic carbocycles. The third-order valence-electron chi connectivity index (χ3n) is 5.00. The minimum Gasteiger partial charge on any atom is -0.377 e. The first-order valence-corrected chi connectivity index (χ1v) is 9.52. The number of ether oxygens (including phenoxy) is 1. The van der Waals surface area contributed by atoms with Crippen molar-refractivity contribution in [3.05, 3.63) is 0 Å². The number of hydrogen-bond acceptors (Lipinski definition) is 3. The predicted octanol–water partition coefficient (Wildman–Crippen LogP) is 4.09. The molecule has 118 valence electrons. The fraction of sp³-hybridized carbons (Fsp3) is 1.00. The van der Waals surface area contributed by atoms with Crippen LogP contribution in [0, 0.1) is 11.3 Å². The normalized spacial score (nSPS) is 35.4. The largest absolute Gasteiger partial charge is 0.377 e. The van der Waals surface area contributed by atoms with Crippen molar-refractivity contribution in [2.24, 2.45) is 11.3 Å². The molecule has 0 radical (unpaired) electrons. The van der Waals surface area contributed by atoms with Gasteiger partial charge < -0.3 is 10.1 Å². The van der Waals surface area contributed by atoms with E-state index >= 15 is 0 Å². The zero-order valence-corrected chi connectivity index (χ0v) is 14.6. The average molecular weight is 300 g/mol. The van der Waals surface area contributed by atoms with Crippen LogP contribution in [-0.4, -0.2) is 36.3 Å². The highest BCUT2D eigenvalue weighted by molar-refractivity contribution is 8.00. The highest BCUT2D eigenvalue weighted by Crippen LogP contribution is 2.42. The van der Waals surface area contributed by atoms with Gasteiger partial charge in [-0.05, 0) is 50.0 Å². The van der Waals surface area contributed by atoms with E-state index in [1.165, 1.54) is 37.9 Å². The maximum Gasteiger partial charge on any atom is 0.0666 e. The van der Waals surface area contributed by atoms with Crippen LogP contribution < -0.4 is 5.32 Å². The van der Waals surface area contributed by atoms with E-state index in [2.05, 4.69) is 44.8 Å². The maximum atomic E-state index is 5.79. The van der Waals surface area contributed by atoms with Crippen molar-refractivity contribution in [1.29, 1.82) is 0 Å². The molecular weight excluding hydrogens is 266 g/mol. The molecule has 0 bridgehead atoms. The van der Waals surface area contributed by atoms with Crippen LogP contribution in [0.4, 0.5) is 0 Å². The molecule has 0 aromatic rings. The van der Waals surface area contributed by atoms with Crippen molar-refractivity contribution in [2.45, 2.75) is 77.2 Å². The van der Waals surface area contributed by atoms with Crippen LogP contribution in [-0.2, 0) is 4.74 Å². The molecule has 4 atom stereocenters. The Labute approximate surface area is 129 Å². The Kier molecular flexibility index (Phi) is 6.25. The monoisotopic (exact) mass is 299 g/mol. The second-order valence-corrected chi connectivity index (χ2v) is 8.82. The molecule has 2 nitrogen and oxygen atoms in total. The number of hydrogen-bond donors (Lipinski definition) is 1. The summed E-state index contributed by atoms with van der Waals surface area (Å²) in [7, 11) is 0. The second kappa shape index (κ2) is 7.51. The van der Waals surface area contributed by atoms with Gasteiger partial charge in [0, 0.05) is 23.7 Å². The molecule has 2 rings (SSSR count). The van der Waals surface area contributed by atoms with Crippen molar-refractivity contribution < 1.29 is 4.74 Å². The van der Waals surface area contributed by atoms with Gasteiger partial charge in [-0.25, -0.2) is 0 Å². The highest BCUT2D eigenvalue weighted by atomic mass is 32.2. The van der Waals surface area contributed by atoms with Crippen LogP contribution in [0.5, 0.6) is 0 Å². The summed E-state index contributed by atoms with van der Waals surface area (Å²) < 4.78 is 5.79. The van der Waals surface area contributed by atoms with E-state index in [-0.39, 0.29) is 0 Å². The Bertz CT molecular complexity index is 283. The number of thioether (sulfide) groups is 1. The molecular formula is C17H33NOS. The highest BCUT2D eigenvalue weighted by Gasteiger charge is 2.36. The van der Waals surface area contributed by atoms with Gasteiger partial charge in [0.05, 0.1) is 6.10 Å². The van der Waals surface area contributed by atoms with E-state index in [1.54, 1.807) is 0 Å². The first-order chi connectivity index (χ1) is 9.50. The molecule has 0 spiro atoms. The Balaban J connectivity index is 1.88. The lowest BCUT2D eigenvalue weighted by atomic mass is 9.71. The van der Waals surface area contributed by atoms with E-state index in [9.17, 15) is 0 Å². The van der Waals surface area contributed by atoms with E-state index in [0.717, 1.165) is 24.3 Å². The summed E-state index contributed by atoms with van der Waals surface area (Å²) in [6.45, 7) is 11.5. The van der Waals surface area contributed by atoms with Gasteiger partial charge in [0.1, 0.15) is 0 Å². The zero-order valence-electron chi connectivity index (χ0n) is 13.8. The van der Waals surface area contributed by atoms with Gasteiger partial charge in [0.2, 0.25) is 0 Å². The molecule has 0 amide bonds. The lowest BCUT2D eigenvalue weighted by molar-refractivity contribution is 0.128. The zero-order chi connectivity index (χ0) is 14.6. The molecule has 2 aliphatic rings. The van der Waals surface area contributed by atoms with E-state index in [4.69, 9.17) is 4.74 Å². The lowest BCUT2D eigenvalue weighted by Crippen LogP contribution is -2.45. The summed E-state index contributed by atoms with van der Waals surface area (Å²) >= 11 is 2.18. The molecule has 1 N–H and O–H groups in total. The van der Waals surface area contributed by atoms with Gasteiger partial charge in [-0.3, -0.25) is 0 Å². The molecule has 3 heteroatoms. The van der Waals surface area contributed by atoms with Crippen LogP contribution in [0.25, 0.3) is 0 Å². The first kappa shape index (κ1) is 16.6. The maximum absolute atomic E-state index is 5.79. The summed E-state index contributed by atoms with van der Waals surface area (Å²) in [4.78, 5) is 0. The molecule has 0 aromatic carbocycles. The quantitative estimate of drug-likeness (QED) is 0.826. The van der Waals surface area contributed by atoms with Gasteiger partial charge in [-0.1, -0.05) is 27.7 Å². The molecule has 1 heterocycles. The average Bonchev–Trinajstić information content (AvgIpc) is 2.89. The van der Waals surface area contributed by atoms with Crippen LogP contribution in [0.2, 0.25) is 0 Å². The van der Waals surface area contributed by atoms with Crippen LogP contribution in [0.1, 0.15) is 59.8 Å². The van der Waals surface area contributed by atoms with Gasteiger partial charge in [-0.2, -0.15) is 11.8 Å². The number of nitrogens with one attached hydrogen (secondary N) is 1. The molecule has 1 saturated heterocycles. The molecule has 2 fully saturated rings. The number of rotatable bonds is 5. The minimum atomic E-state index is 0.458. The van der Waals surface area contributed by atoms with Gasteiger partial charge >= 0.3 is 0 Å². The lowest BCUT2D eigenvalue weighted by Gasteiger charge is -2.42. The molecule has 4 unspecified atom stereocenters. The Morgan fingerprint density at radius 3 is 2.60 bits per heavy atom. The summed E-state index contributed by atoms with van der Waals surface area (Å²) in [5.74, 6) is 2.07. The van der Waals surface area contributed by atoms with Crippen molar-refractivity contribution in [2.75, 3.05) is 18.9 Å². The second-order valence-electron chi connectivity index (χ2n) is 7.55. The smallest absolute Gasteiger partial charge is 0.0666 e. The van der Waals surface area contributed by atoms with Gasteiger partial charge in [0.25, 0.3) is 0 Å². The van der Waals surface area contributed by atoms with Crippen LogP contribution >= 0.6 is 11.8 Å². The minimum absolute atomic E-state index is 0.458. The molecule has 1 saturated carbocycles. The summed E-state index contributed by atoms with van der Waals surface area (Å²) in [5.41, 5.74) is 0.458. The molecule has 1 aliphatic heterocycles. The third kappa shape index (κ3) is 4.64. The fourth-order valence-corrected chi connectivity index (χ4v) is 5.16. The van der Waals surface area contributed by atoms with Crippen LogP contribution in [0.15, 0.2) is 0 Å². The summed E-state index contributed by atoms with van der Waals surface area (Å²) in [6, 6.07) is 0.713.